The van der Waals surface area contributed by atoms with Gasteiger partial charge in [-0.15, -0.1) is 0 Å². The minimum absolute atomic E-state index is 0.132. The first-order valence-electron chi connectivity index (χ1n) is 12.9. The van der Waals surface area contributed by atoms with E-state index >= 15 is 0 Å². The van der Waals surface area contributed by atoms with E-state index in [1.54, 1.807) is 0 Å². The van der Waals surface area contributed by atoms with Gasteiger partial charge in [-0.1, -0.05) is 107 Å². The zero-order valence-corrected chi connectivity index (χ0v) is 20.5. The molecule has 0 unspecified atom stereocenters. The van der Waals surface area contributed by atoms with Gasteiger partial charge in [-0.25, -0.2) is 0 Å². The lowest BCUT2D eigenvalue weighted by Gasteiger charge is -2.24. The molecule has 0 radical (unpaired) electrons. The van der Waals surface area contributed by atoms with Crippen molar-refractivity contribution in [2.24, 2.45) is 0 Å². The van der Waals surface area contributed by atoms with Crippen LogP contribution >= 0.6 is 0 Å². The highest BCUT2D eigenvalue weighted by molar-refractivity contribution is 5.14. The number of unbranched alkanes of at least 4 members (excludes halogenated alkanes) is 10. The molecule has 1 aromatic carbocycles. The van der Waals surface area contributed by atoms with Gasteiger partial charge in [0.2, 0.25) is 0 Å². The largest absolute Gasteiger partial charge is 0.368 e. The molecule has 0 amide bonds. The highest BCUT2D eigenvalue weighted by Gasteiger charge is 2.54. The second kappa shape index (κ2) is 13.5. The van der Waals surface area contributed by atoms with Crippen LogP contribution in [0.25, 0.3) is 0 Å². The van der Waals surface area contributed by atoms with E-state index in [2.05, 4.69) is 31.2 Å². The Balaban J connectivity index is 1.36. The third kappa shape index (κ3) is 8.30. The molecule has 2 aliphatic rings. The summed E-state index contributed by atoms with van der Waals surface area (Å²) in [5, 5.41) is 0. The summed E-state index contributed by atoms with van der Waals surface area (Å²) in [6, 6.07) is 10.3. The molecule has 32 heavy (non-hydrogen) atoms. The Labute approximate surface area is 195 Å². The van der Waals surface area contributed by atoms with Gasteiger partial charge in [-0.05, 0) is 32.3 Å². The molecule has 1 aromatic rings. The van der Waals surface area contributed by atoms with E-state index in [0.717, 1.165) is 12.0 Å². The average Bonchev–Trinajstić information content (AvgIpc) is 3.24. The van der Waals surface area contributed by atoms with E-state index in [0.29, 0.717) is 6.61 Å². The van der Waals surface area contributed by atoms with Crippen LogP contribution in [0.4, 0.5) is 0 Å². The van der Waals surface area contributed by atoms with E-state index in [9.17, 15) is 0 Å². The summed E-state index contributed by atoms with van der Waals surface area (Å²) >= 11 is 0. The van der Waals surface area contributed by atoms with Gasteiger partial charge in [-0.3, -0.25) is 0 Å². The second-order valence-corrected chi connectivity index (χ2v) is 9.73. The first-order chi connectivity index (χ1) is 15.6. The summed E-state index contributed by atoms with van der Waals surface area (Å²) in [6.07, 6.45) is 18.3. The zero-order valence-electron chi connectivity index (χ0n) is 20.5. The summed E-state index contributed by atoms with van der Waals surface area (Å²) in [5.74, 6) is -0.631. The van der Waals surface area contributed by atoms with Gasteiger partial charge < -0.3 is 18.9 Å². The van der Waals surface area contributed by atoms with E-state index in [-0.39, 0.29) is 24.6 Å². The molecular weight excluding hydrogens is 400 g/mol. The van der Waals surface area contributed by atoms with Crippen LogP contribution in [-0.2, 0) is 25.6 Å². The lowest BCUT2D eigenvalue weighted by atomic mass is 10.1. The maximum Gasteiger partial charge on any atom is 0.190 e. The molecule has 0 aliphatic carbocycles. The molecule has 180 valence electrons. The summed E-state index contributed by atoms with van der Waals surface area (Å²) in [7, 11) is 0. The Kier molecular flexibility index (Phi) is 10.7. The minimum atomic E-state index is -0.631. The number of allylic oxidation sites excluding steroid dienone is 1. The highest BCUT2D eigenvalue weighted by Crippen LogP contribution is 2.39. The van der Waals surface area contributed by atoms with Crippen molar-refractivity contribution >= 4 is 0 Å². The highest BCUT2D eigenvalue weighted by atomic mass is 16.8. The van der Waals surface area contributed by atoms with Crippen molar-refractivity contribution in [3.05, 3.63) is 48.0 Å². The van der Waals surface area contributed by atoms with Gasteiger partial charge >= 0.3 is 0 Å². The topological polar surface area (TPSA) is 36.9 Å². The van der Waals surface area contributed by atoms with Crippen LogP contribution in [0, 0.1) is 0 Å². The fourth-order valence-electron chi connectivity index (χ4n) is 4.60. The van der Waals surface area contributed by atoms with Gasteiger partial charge in [0.1, 0.15) is 18.3 Å². The SMILES string of the molecule is CCCCCCCCCCCC/C=C\[C@H]1O[C@@H]2OC(C)(C)O[C@@H]2[C@H]1OCc1ccccc1. The number of fused-ring (bicyclic) bond motifs is 1. The average molecular weight is 445 g/mol. The van der Waals surface area contributed by atoms with E-state index in [1.807, 2.05) is 32.0 Å². The van der Waals surface area contributed by atoms with Crippen molar-refractivity contribution in [1.29, 1.82) is 0 Å². The number of hydrogen-bond donors (Lipinski definition) is 0. The predicted octanol–water partition coefficient (Wildman–Crippen LogP) is 7.32. The van der Waals surface area contributed by atoms with Crippen LogP contribution < -0.4 is 0 Å². The Morgan fingerprint density at radius 2 is 1.53 bits per heavy atom. The maximum atomic E-state index is 6.29. The fraction of sp³-hybridized carbons (Fsp3) is 0.714. The van der Waals surface area contributed by atoms with Gasteiger partial charge in [0.15, 0.2) is 12.1 Å². The van der Waals surface area contributed by atoms with Crippen molar-refractivity contribution in [3.63, 3.8) is 0 Å². The van der Waals surface area contributed by atoms with Gasteiger partial charge in [0.25, 0.3) is 0 Å². The van der Waals surface area contributed by atoms with Crippen molar-refractivity contribution in [1.82, 2.24) is 0 Å². The lowest BCUT2D eigenvalue weighted by molar-refractivity contribution is -0.213. The van der Waals surface area contributed by atoms with Crippen LogP contribution in [0.2, 0.25) is 0 Å². The summed E-state index contributed by atoms with van der Waals surface area (Å²) in [5.41, 5.74) is 1.15. The third-order valence-corrected chi connectivity index (χ3v) is 6.36. The minimum Gasteiger partial charge on any atom is -0.368 e. The lowest BCUT2D eigenvalue weighted by Crippen LogP contribution is -2.36. The van der Waals surface area contributed by atoms with E-state index in [1.165, 1.54) is 64.2 Å². The van der Waals surface area contributed by atoms with Crippen LogP contribution in [0.3, 0.4) is 0 Å². The molecule has 0 N–H and O–H groups in total. The van der Waals surface area contributed by atoms with Crippen LogP contribution in [0.5, 0.6) is 0 Å². The summed E-state index contributed by atoms with van der Waals surface area (Å²) in [4.78, 5) is 0. The third-order valence-electron chi connectivity index (χ3n) is 6.36. The molecule has 0 spiro atoms. The molecule has 2 fully saturated rings. The quantitative estimate of drug-likeness (QED) is 0.210. The smallest absolute Gasteiger partial charge is 0.190 e. The molecule has 4 heteroatoms. The maximum absolute atomic E-state index is 6.29. The zero-order chi connectivity index (χ0) is 22.7. The molecule has 0 bridgehead atoms. The van der Waals surface area contributed by atoms with Gasteiger partial charge in [-0.2, -0.15) is 0 Å². The summed E-state index contributed by atoms with van der Waals surface area (Å²) < 4.78 is 24.5. The monoisotopic (exact) mass is 444 g/mol. The standard InChI is InChI=1S/C28H44O4/c1-4-5-6-7-8-9-10-11-12-13-14-18-21-24-25(29-22-23-19-16-15-17-20-23)26-27(30-24)32-28(2,3)31-26/h15-21,24-27H,4-14,22H2,1-3H3/b21-18-/t24-,25+,26-,27-/m1/s1. The molecule has 0 saturated carbocycles. The second-order valence-electron chi connectivity index (χ2n) is 9.73. The van der Waals surface area contributed by atoms with Crippen LogP contribution in [0.1, 0.15) is 97.0 Å². The number of rotatable bonds is 15. The number of hydrogen-bond acceptors (Lipinski definition) is 4. The Morgan fingerprint density at radius 1 is 0.875 bits per heavy atom. The van der Waals surface area contributed by atoms with Gasteiger partial charge in [0, 0.05) is 0 Å². The molecule has 2 heterocycles. The molecule has 3 rings (SSSR count). The molecule has 4 nitrogen and oxygen atoms in total. The molecule has 2 saturated heterocycles. The van der Waals surface area contributed by atoms with Crippen LogP contribution in [0.15, 0.2) is 42.5 Å². The van der Waals surface area contributed by atoms with Crippen molar-refractivity contribution in [3.8, 4) is 0 Å². The first-order valence-corrected chi connectivity index (χ1v) is 12.9. The Morgan fingerprint density at radius 3 is 2.22 bits per heavy atom. The molecule has 2 aliphatic heterocycles. The van der Waals surface area contributed by atoms with E-state index < -0.39 is 5.79 Å². The van der Waals surface area contributed by atoms with Gasteiger partial charge in [0.05, 0.1) is 6.61 Å². The fourth-order valence-corrected chi connectivity index (χ4v) is 4.60. The molecular formula is C28H44O4. The van der Waals surface area contributed by atoms with Crippen molar-refractivity contribution in [2.75, 3.05) is 0 Å². The Bertz CT molecular complexity index is 657. The normalized spacial score (nSPS) is 26.7. The molecule has 4 atom stereocenters. The van der Waals surface area contributed by atoms with Crippen LogP contribution in [-0.4, -0.2) is 30.4 Å². The first kappa shape index (κ1) is 25.4. The number of ether oxygens (including phenoxy) is 4. The van der Waals surface area contributed by atoms with Crippen molar-refractivity contribution in [2.45, 2.75) is 128 Å². The van der Waals surface area contributed by atoms with Crippen molar-refractivity contribution < 1.29 is 18.9 Å². The Hall–Kier alpha value is -1.20. The van der Waals surface area contributed by atoms with E-state index in [4.69, 9.17) is 18.9 Å². The predicted molar refractivity (Wildman–Crippen MR) is 129 cm³/mol. The summed E-state index contributed by atoms with van der Waals surface area (Å²) in [6.45, 7) is 6.68. The molecule has 0 aromatic heterocycles. The number of benzene rings is 1.